The minimum absolute atomic E-state index is 0.0462. The fourth-order valence-electron chi connectivity index (χ4n) is 2.45. The summed E-state index contributed by atoms with van der Waals surface area (Å²) in [6, 6.07) is 10.6. The summed E-state index contributed by atoms with van der Waals surface area (Å²) in [5.74, 6) is 5.01. The Balaban J connectivity index is 1.78. The quantitative estimate of drug-likeness (QED) is 0.650. The van der Waals surface area contributed by atoms with Crippen LogP contribution in [0, 0.1) is 11.8 Å². The van der Waals surface area contributed by atoms with E-state index in [1.54, 1.807) is 26.0 Å². The van der Waals surface area contributed by atoms with Crippen LogP contribution in [0.3, 0.4) is 0 Å². The predicted molar refractivity (Wildman–Crippen MR) is 110 cm³/mol. The van der Waals surface area contributed by atoms with Crippen molar-refractivity contribution in [2.75, 3.05) is 13.2 Å². The molecule has 31 heavy (non-hydrogen) atoms. The number of benzene rings is 2. The lowest BCUT2D eigenvalue weighted by Crippen LogP contribution is -2.25. The molecule has 0 radical (unpaired) electrons. The van der Waals surface area contributed by atoms with Gasteiger partial charge in [-0.15, -0.1) is 0 Å². The van der Waals surface area contributed by atoms with Crippen molar-refractivity contribution in [2.45, 2.75) is 36.6 Å². The SMILES string of the molecule is CC(C)S(=O)(=O)c1ccc(CC(=O)NCC#CCOc2cccc(C(F)(F)F)c2)cc1. The topological polar surface area (TPSA) is 72.5 Å². The van der Waals surface area contributed by atoms with Gasteiger partial charge in [0.2, 0.25) is 5.91 Å². The third kappa shape index (κ3) is 7.33. The van der Waals surface area contributed by atoms with E-state index >= 15 is 0 Å². The lowest BCUT2D eigenvalue weighted by atomic mass is 10.1. The van der Waals surface area contributed by atoms with E-state index in [-0.39, 0.29) is 36.1 Å². The highest BCUT2D eigenvalue weighted by atomic mass is 32.2. The Morgan fingerprint density at radius 3 is 2.39 bits per heavy atom. The van der Waals surface area contributed by atoms with Crippen LogP contribution in [0.15, 0.2) is 53.4 Å². The summed E-state index contributed by atoms with van der Waals surface area (Å²) >= 11 is 0. The number of rotatable bonds is 7. The predicted octanol–water partition coefficient (Wildman–Crippen LogP) is 3.63. The molecule has 2 aromatic rings. The summed E-state index contributed by atoms with van der Waals surface area (Å²) in [4.78, 5) is 12.2. The van der Waals surface area contributed by atoms with Gasteiger partial charge in [0.15, 0.2) is 9.84 Å². The Hall–Kier alpha value is -2.99. The molecular weight excluding hydrogens is 431 g/mol. The van der Waals surface area contributed by atoms with Crippen LogP contribution in [-0.2, 0) is 27.2 Å². The molecule has 0 saturated carbocycles. The molecule has 0 aliphatic carbocycles. The van der Waals surface area contributed by atoms with Gasteiger partial charge in [-0.1, -0.05) is 30.0 Å². The van der Waals surface area contributed by atoms with Gasteiger partial charge < -0.3 is 10.1 Å². The molecule has 0 atom stereocenters. The molecule has 2 rings (SSSR count). The molecular formula is C22H22F3NO4S. The summed E-state index contributed by atoms with van der Waals surface area (Å²) < 4.78 is 67.3. The van der Waals surface area contributed by atoms with Crippen LogP contribution in [0.2, 0.25) is 0 Å². The van der Waals surface area contributed by atoms with E-state index < -0.39 is 26.8 Å². The summed E-state index contributed by atoms with van der Waals surface area (Å²) in [5.41, 5.74) is -0.152. The molecule has 1 N–H and O–H groups in total. The number of carbonyl (C=O) groups is 1. The Bertz CT molecular complexity index is 1070. The van der Waals surface area contributed by atoms with Gasteiger partial charge in [-0.3, -0.25) is 4.79 Å². The second kappa shape index (κ2) is 10.4. The average Bonchev–Trinajstić information content (AvgIpc) is 2.70. The third-order valence-corrected chi connectivity index (χ3v) is 6.38. The first-order valence-corrected chi connectivity index (χ1v) is 10.9. The van der Waals surface area contributed by atoms with Gasteiger partial charge in [0.25, 0.3) is 0 Å². The van der Waals surface area contributed by atoms with Crippen molar-refractivity contribution in [3.63, 3.8) is 0 Å². The minimum atomic E-state index is -4.45. The highest BCUT2D eigenvalue weighted by Crippen LogP contribution is 2.31. The zero-order valence-electron chi connectivity index (χ0n) is 17.0. The van der Waals surface area contributed by atoms with Gasteiger partial charge in [-0.25, -0.2) is 8.42 Å². The first kappa shape index (κ1) is 24.3. The number of nitrogens with one attached hydrogen (secondary N) is 1. The molecule has 0 heterocycles. The van der Waals surface area contributed by atoms with Crippen LogP contribution >= 0.6 is 0 Å². The first-order valence-electron chi connectivity index (χ1n) is 9.35. The molecule has 0 bridgehead atoms. The molecule has 166 valence electrons. The number of hydrogen-bond acceptors (Lipinski definition) is 4. The number of sulfone groups is 1. The van der Waals surface area contributed by atoms with E-state index in [1.165, 1.54) is 24.3 Å². The molecule has 0 unspecified atom stereocenters. The van der Waals surface area contributed by atoms with Gasteiger partial charge in [-0.05, 0) is 49.7 Å². The van der Waals surface area contributed by atoms with Crippen LogP contribution < -0.4 is 10.1 Å². The van der Waals surface area contributed by atoms with E-state index in [0.717, 1.165) is 12.1 Å². The lowest BCUT2D eigenvalue weighted by Gasteiger charge is -2.08. The Kier molecular flexibility index (Phi) is 8.11. The zero-order valence-corrected chi connectivity index (χ0v) is 17.8. The van der Waals surface area contributed by atoms with Gasteiger partial charge in [-0.2, -0.15) is 13.2 Å². The smallest absolute Gasteiger partial charge is 0.416 e. The maximum absolute atomic E-state index is 12.6. The van der Waals surface area contributed by atoms with Crippen molar-refractivity contribution in [3.05, 3.63) is 59.7 Å². The van der Waals surface area contributed by atoms with E-state index in [2.05, 4.69) is 17.2 Å². The number of ether oxygens (including phenoxy) is 1. The van der Waals surface area contributed by atoms with Gasteiger partial charge >= 0.3 is 6.18 Å². The molecule has 0 saturated heterocycles. The molecule has 2 aromatic carbocycles. The maximum Gasteiger partial charge on any atom is 0.416 e. The normalized spacial score (nSPS) is 11.5. The molecule has 1 amide bonds. The largest absolute Gasteiger partial charge is 0.481 e. The van der Waals surface area contributed by atoms with Crippen molar-refractivity contribution in [2.24, 2.45) is 0 Å². The number of alkyl halides is 3. The van der Waals surface area contributed by atoms with Crippen molar-refractivity contribution >= 4 is 15.7 Å². The summed E-state index contributed by atoms with van der Waals surface area (Å²) in [6.45, 7) is 3.12. The molecule has 0 aliphatic heterocycles. The van der Waals surface area contributed by atoms with Crippen LogP contribution in [0.4, 0.5) is 13.2 Å². The van der Waals surface area contributed by atoms with E-state index in [4.69, 9.17) is 4.74 Å². The van der Waals surface area contributed by atoms with Crippen LogP contribution in [0.5, 0.6) is 5.75 Å². The molecule has 0 fully saturated rings. The van der Waals surface area contributed by atoms with Crippen LogP contribution in [-0.4, -0.2) is 32.7 Å². The zero-order chi connectivity index (χ0) is 23.1. The Morgan fingerprint density at radius 2 is 1.77 bits per heavy atom. The average molecular weight is 453 g/mol. The van der Waals surface area contributed by atoms with Gasteiger partial charge in [0.05, 0.1) is 28.7 Å². The summed E-state index contributed by atoms with van der Waals surface area (Å²) in [5, 5.41) is 2.06. The van der Waals surface area contributed by atoms with Gasteiger partial charge in [0, 0.05) is 0 Å². The first-order chi connectivity index (χ1) is 14.5. The molecule has 5 nitrogen and oxygen atoms in total. The number of hydrogen-bond donors (Lipinski definition) is 1. The fourth-order valence-corrected chi connectivity index (χ4v) is 3.51. The van der Waals surface area contributed by atoms with E-state index in [0.29, 0.717) is 5.56 Å². The van der Waals surface area contributed by atoms with Gasteiger partial charge in [0.1, 0.15) is 12.4 Å². The monoisotopic (exact) mass is 453 g/mol. The molecule has 0 aliphatic rings. The second-order valence-electron chi connectivity index (χ2n) is 6.86. The number of amides is 1. The molecule has 9 heteroatoms. The van der Waals surface area contributed by atoms with Crippen LogP contribution in [0.1, 0.15) is 25.0 Å². The third-order valence-electron chi connectivity index (χ3n) is 4.21. The number of carbonyl (C=O) groups excluding carboxylic acids is 1. The second-order valence-corrected chi connectivity index (χ2v) is 9.36. The lowest BCUT2D eigenvalue weighted by molar-refractivity contribution is -0.137. The van der Waals surface area contributed by atoms with Crippen molar-refractivity contribution in [1.29, 1.82) is 0 Å². The number of halogens is 3. The van der Waals surface area contributed by atoms with Crippen molar-refractivity contribution in [1.82, 2.24) is 5.32 Å². The molecule has 0 aromatic heterocycles. The van der Waals surface area contributed by atoms with E-state index in [1.807, 2.05) is 0 Å². The highest BCUT2D eigenvalue weighted by Gasteiger charge is 2.30. The Morgan fingerprint density at radius 1 is 1.10 bits per heavy atom. The summed E-state index contributed by atoms with van der Waals surface area (Å²) in [7, 11) is -3.36. The van der Waals surface area contributed by atoms with E-state index in [9.17, 15) is 26.4 Å². The maximum atomic E-state index is 12.6. The van der Waals surface area contributed by atoms with Crippen LogP contribution in [0.25, 0.3) is 0 Å². The highest BCUT2D eigenvalue weighted by molar-refractivity contribution is 7.92. The summed E-state index contributed by atoms with van der Waals surface area (Å²) in [6.07, 6.45) is -4.39. The molecule has 0 spiro atoms. The Labute approximate surface area is 179 Å². The van der Waals surface area contributed by atoms with Crippen molar-refractivity contribution < 1.29 is 31.1 Å². The standard InChI is InChI=1S/C22H22F3NO4S/c1-16(2)31(28,29)20-10-8-17(9-11-20)14-21(27)26-12-3-4-13-30-19-7-5-6-18(15-19)22(23,24)25/h5-11,15-16H,12-14H2,1-2H3,(H,26,27). The fraction of sp³-hybridized carbons (Fsp3) is 0.318. The minimum Gasteiger partial charge on any atom is -0.481 e. The van der Waals surface area contributed by atoms with Crippen molar-refractivity contribution in [3.8, 4) is 17.6 Å².